The second kappa shape index (κ2) is 3.40. The molecule has 1 aromatic rings. The summed E-state index contributed by atoms with van der Waals surface area (Å²) in [5.41, 5.74) is 2.63. The highest BCUT2D eigenvalue weighted by Gasteiger charge is 2.37. The molecule has 0 bridgehead atoms. The van der Waals surface area contributed by atoms with Gasteiger partial charge in [0.1, 0.15) is 0 Å². The minimum atomic E-state index is 0.144. The summed E-state index contributed by atoms with van der Waals surface area (Å²) in [7, 11) is 0. The fraction of sp³-hybridized carbons (Fsp3) is 0.455. The van der Waals surface area contributed by atoms with Gasteiger partial charge in [-0.25, -0.2) is 0 Å². The molecular formula is C11H11BrCl2. The van der Waals surface area contributed by atoms with Gasteiger partial charge in [-0.05, 0) is 35.1 Å². The predicted molar refractivity (Wildman–Crippen MR) is 65.8 cm³/mol. The van der Waals surface area contributed by atoms with Crippen LogP contribution >= 0.6 is 39.1 Å². The van der Waals surface area contributed by atoms with Crippen LogP contribution in [0.1, 0.15) is 36.2 Å². The van der Waals surface area contributed by atoms with Gasteiger partial charge in [0, 0.05) is 14.9 Å². The minimum Gasteiger partial charge on any atom is -0.0843 e. The normalized spacial score (nSPS) is 23.6. The molecule has 3 heteroatoms. The number of alkyl halides is 1. The Morgan fingerprint density at radius 2 is 2.00 bits per heavy atom. The molecule has 0 amide bonds. The molecule has 1 aliphatic rings. The first-order valence-electron chi connectivity index (χ1n) is 4.55. The van der Waals surface area contributed by atoms with Gasteiger partial charge in [-0.2, -0.15) is 0 Å². The van der Waals surface area contributed by atoms with E-state index in [2.05, 4.69) is 29.8 Å². The first-order valence-corrected chi connectivity index (χ1v) is 6.22. The molecule has 0 nitrogen and oxygen atoms in total. The van der Waals surface area contributed by atoms with E-state index < -0.39 is 0 Å². The van der Waals surface area contributed by atoms with Gasteiger partial charge in [0.05, 0.1) is 0 Å². The summed E-state index contributed by atoms with van der Waals surface area (Å²) >= 11 is 15.9. The highest BCUT2D eigenvalue weighted by molar-refractivity contribution is 9.09. The van der Waals surface area contributed by atoms with Crippen molar-refractivity contribution >= 4 is 39.1 Å². The Morgan fingerprint density at radius 1 is 1.36 bits per heavy atom. The highest BCUT2D eigenvalue weighted by Crippen LogP contribution is 2.51. The lowest BCUT2D eigenvalue weighted by Gasteiger charge is -2.20. The highest BCUT2D eigenvalue weighted by atomic mass is 79.9. The Bertz CT molecular complexity index is 385. The van der Waals surface area contributed by atoms with E-state index in [1.54, 1.807) is 0 Å². The van der Waals surface area contributed by atoms with Crippen molar-refractivity contribution in [3.8, 4) is 0 Å². The SMILES string of the molecule is CC1(C)CC(Br)c2cc(Cl)cc(Cl)c21. The zero-order valence-electron chi connectivity index (χ0n) is 8.07. The summed E-state index contributed by atoms with van der Waals surface area (Å²) in [5, 5.41) is 1.51. The molecule has 1 unspecified atom stereocenters. The van der Waals surface area contributed by atoms with Gasteiger partial charge in [0.25, 0.3) is 0 Å². The zero-order chi connectivity index (χ0) is 10.5. The van der Waals surface area contributed by atoms with Crippen molar-refractivity contribution in [3.63, 3.8) is 0 Å². The van der Waals surface area contributed by atoms with E-state index in [1.165, 1.54) is 11.1 Å². The molecule has 0 aromatic heterocycles. The van der Waals surface area contributed by atoms with Gasteiger partial charge in [0.15, 0.2) is 0 Å². The van der Waals surface area contributed by atoms with Crippen molar-refractivity contribution < 1.29 is 0 Å². The molecule has 76 valence electrons. The van der Waals surface area contributed by atoms with E-state index in [9.17, 15) is 0 Å². The molecular weight excluding hydrogens is 283 g/mol. The summed E-state index contributed by atoms with van der Waals surface area (Å²) < 4.78 is 0. The van der Waals surface area contributed by atoms with Crippen molar-refractivity contribution in [2.75, 3.05) is 0 Å². The van der Waals surface area contributed by atoms with E-state index in [4.69, 9.17) is 23.2 Å². The van der Waals surface area contributed by atoms with Crippen LogP contribution in [0, 0.1) is 0 Å². The van der Waals surface area contributed by atoms with E-state index in [-0.39, 0.29) is 5.41 Å². The molecule has 1 aliphatic carbocycles. The first-order chi connectivity index (χ1) is 6.42. The van der Waals surface area contributed by atoms with Crippen LogP contribution in [0.25, 0.3) is 0 Å². The van der Waals surface area contributed by atoms with Crippen molar-refractivity contribution in [1.29, 1.82) is 0 Å². The standard InChI is InChI=1S/C11H11BrCl2/c1-11(2)5-8(12)7-3-6(13)4-9(14)10(7)11/h3-4,8H,5H2,1-2H3. The summed E-state index contributed by atoms with van der Waals surface area (Å²) in [6.45, 7) is 4.43. The van der Waals surface area contributed by atoms with Crippen LogP contribution in [0.3, 0.4) is 0 Å². The van der Waals surface area contributed by atoms with Crippen LogP contribution in [0.2, 0.25) is 10.0 Å². The predicted octanol–water partition coefficient (Wildman–Crippen LogP) is 5.11. The number of rotatable bonds is 0. The van der Waals surface area contributed by atoms with Crippen molar-refractivity contribution in [2.24, 2.45) is 0 Å². The molecule has 1 aromatic carbocycles. The second-order valence-electron chi connectivity index (χ2n) is 4.41. The number of fused-ring (bicyclic) bond motifs is 1. The quantitative estimate of drug-likeness (QED) is 0.583. The zero-order valence-corrected chi connectivity index (χ0v) is 11.2. The van der Waals surface area contributed by atoms with Crippen LogP contribution in [0.5, 0.6) is 0 Å². The third-order valence-corrected chi connectivity index (χ3v) is 4.12. The molecule has 0 heterocycles. The topological polar surface area (TPSA) is 0 Å². The third-order valence-electron chi connectivity index (χ3n) is 2.79. The van der Waals surface area contributed by atoms with Gasteiger partial charge >= 0.3 is 0 Å². The fourth-order valence-electron chi connectivity index (χ4n) is 2.21. The molecule has 0 saturated heterocycles. The molecule has 0 fully saturated rings. The molecule has 2 rings (SSSR count). The first kappa shape index (κ1) is 10.8. The average Bonchev–Trinajstić information content (AvgIpc) is 2.21. The maximum Gasteiger partial charge on any atom is 0.0461 e. The van der Waals surface area contributed by atoms with E-state index in [0.29, 0.717) is 4.83 Å². The summed E-state index contributed by atoms with van der Waals surface area (Å²) in [4.78, 5) is 0.378. The molecule has 14 heavy (non-hydrogen) atoms. The largest absolute Gasteiger partial charge is 0.0843 e. The summed E-state index contributed by atoms with van der Waals surface area (Å²) in [6, 6.07) is 3.84. The lowest BCUT2D eigenvalue weighted by molar-refractivity contribution is 0.521. The van der Waals surface area contributed by atoms with Gasteiger partial charge in [-0.15, -0.1) is 0 Å². The van der Waals surface area contributed by atoms with Crippen molar-refractivity contribution in [2.45, 2.75) is 30.5 Å². The van der Waals surface area contributed by atoms with Crippen LogP contribution < -0.4 is 0 Å². The Kier molecular flexibility index (Phi) is 2.62. The van der Waals surface area contributed by atoms with Gasteiger partial charge in [-0.1, -0.05) is 53.0 Å². The minimum absolute atomic E-state index is 0.144. The van der Waals surface area contributed by atoms with E-state index in [1.807, 2.05) is 12.1 Å². The number of halogens is 3. The lowest BCUT2D eigenvalue weighted by Crippen LogP contribution is -2.12. The molecule has 0 spiro atoms. The Hall–Kier alpha value is 0.280. The van der Waals surface area contributed by atoms with Crippen LogP contribution in [-0.2, 0) is 5.41 Å². The second-order valence-corrected chi connectivity index (χ2v) is 6.36. The summed E-state index contributed by atoms with van der Waals surface area (Å²) in [6.07, 6.45) is 1.07. The lowest BCUT2D eigenvalue weighted by atomic mass is 9.86. The monoisotopic (exact) mass is 292 g/mol. The Balaban J connectivity index is 2.69. The molecule has 0 N–H and O–H groups in total. The average molecular weight is 294 g/mol. The van der Waals surface area contributed by atoms with E-state index >= 15 is 0 Å². The van der Waals surface area contributed by atoms with Crippen LogP contribution in [0.4, 0.5) is 0 Å². The maximum atomic E-state index is 6.22. The van der Waals surface area contributed by atoms with Gasteiger partial charge < -0.3 is 0 Å². The fourth-order valence-corrected chi connectivity index (χ4v) is 4.15. The number of benzene rings is 1. The molecule has 0 saturated carbocycles. The molecule has 0 aliphatic heterocycles. The van der Waals surface area contributed by atoms with Gasteiger partial charge in [-0.3, -0.25) is 0 Å². The van der Waals surface area contributed by atoms with Crippen LogP contribution in [0.15, 0.2) is 12.1 Å². The Labute approximate surface area is 103 Å². The van der Waals surface area contributed by atoms with Crippen molar-refractivity contribution in [1.82, 2.24) is 0 Å². The smallest absolute Gasteiger partial charge is 0.0461 e. The maximum absolute atomic E-state index is 6.22. The number of hydrogen-bond donors (Lipinski definition) is 0. The molecule has 1 atom stereocenters. The summed E-state index contributed by atoms with van der Waals surface area (Å²) in [5.74, 6) is 0. The van der Waals surface area contributed by atoms with Gasteiger partial charge in [0.2, 0.25) is 0 Å². The van der Waals surface area contributed by atoms with Crippen LogP contribution in [-0.4, -0.2) is 0 Å². The molecule has 0 radical (unpaired) electrons. The van der Waals surface area contributed by atoms with Crippen molar-refractivity contribution in [3.05, 3.63) is 33.3 Å². The van der Waals surface area contributed by atoms with E-state index in [0.717, 1.165) is 16.5 Å². The third kappa shape index (κ3) is 1.60. The number of hydrogen-bond acceptors (Lipinski definition) is 0. The Morgan fingerprint density at radius 3 is 2.64 bits per heavy atom.